The zero-order chi connectivity index (χ0) is 24.6. The normalized spacial score (nSPS) is 10.8. The van der Waals surface area contributed by atoms with Crippen LogP contribution in [0.5, 0.6) is 11.5 Å². The quantitative estimate of drug-likeness (QED) is 0.277. The lowest BCUT2D eigenvalue weighted by atomic mass is 10.1. The summed E-state index contributed by atoms with van der Waals surface area (Å²) in [5, 5.41) is 13.1. The van der Waals surface area contributed by atoms with Gasteiger partial charge in [-0.25, -0.2) is 10.2 Å². The molecule has 176 valence electrons. The third-order valence-corrected chi connectivity index (χ3v) is 5.19. The van der Waals surface area contributed by atoms with Crippen molar-refractivity contribution in [1.82, 2.24) is 9.99 Å². The van der Waals surface area contributed by atoms with Gasteiger partial charge in [0, 0.05) is 12.4 Å². The van der Waals surface area contributed by atoms with Crippen LogP contribution in [0, 0.1) is 0 Å². The Balaban J connectivity index is 1.40. The van der Waals surface area contributed by atoms with E-state index < -0.39 is 5.97 Å². The Bertz CT molecular complexity index is 1350. The number of hydrogen-bond acceptors (Lipinski definition) is 5. The molecule has 0 aliphatic rings. The molecule has 0 unspecified atom stereocenters. The number of nitrogens with zero attached hydrogens (tertiary/aromatic N) is 2. The Kier molecular flexibility index (Phi) is 7.22. The SMILES string of the molecule is COc1cc(/C=N\NC(=O)c2ccccc2-n2cccc2)ccc1OCc1ccc(C(=O)O)cc1. The molecule has 3 aromatic carbocycles. The number of nitrogens with one attached hydrogen (secondary N) is 1. The first kappa shape index (κ1) is 23.3. The second kappa shape index (κ2) is 10.8. The van der Waals surface area contributed by atoms with Gasteiger partial charge in [-0.3, -0.25) is 4.79 Å². The number of amides is 1. The number of hydrogen-bond donors (Lipinski definition) is 2. The molecule has 0 fully saturated rings. The molecule has 1 amide bonds. The van der Waals surface area contributed by atoms with E-state index in [1.807, 2.05) is 41.2 Å². The van der Waals surface area contributed by atoms with Gasteiger partial charge in [0.15, 0.2) is 11.5 Å². The van der Waals surface area contributed by atoms with Gasteiger partial charge in [-0.2, -0.15) is 5.10 Å². The molecule has 0 aliphatic carbocycles. The van der Waals surface area contributed by atoms with Crippen LogP contribution in [0.4, 0.5) is 0 Å². The highest BCUT2D eigenvalue weighted by Gasteiger charge is 2.11. The molecule has 0 saturated carbocycles. The lowest BCUT2D eigenvalue weighted by Crippen LogP contribution is -2.19. The number of aromatic nitrogens is 1. The molecule has 0 spiro atoms. The Morgan fingerprint density at radius 1 is 0.971 bits per heavy atom. The van der Waals surface area contributed by atoms with E-state index in [0.717, 1.165) is 11.3 Å². The van der Waals surface area contributed by atoms with Crippen molar-refractivity contribution in [2.24, 2.45) is 5.10 Å². The zero-order valence-electron chi connectivity index (χ0n) is 18.9. The summed E-state index contributed by atoms with van der Waals surface area (Å²) in [7, 11) is 1.53. The molecule has 1 aromatic heterocycles. The van der Waals surface area contributed by atoms with Gasteiger partial charge in [0.25, 0.3) is 5.91 Å². The second-order valence-corrected chi connectivity index (χ2v) is 7.51. The minimum Gasteiger partial charge on any atom is -0.493 e. The van der Waals surface area contributed by atoms with E-state index in [1.165, 1.54) is 25.5 Å². The van der Waals surface area contributed by atoms with Crippen LogP contribution in [-0.2, 0) is 6.61 Å². The van der Waals surface area contributed by atoms with Gasteiger partial charge in [0.05, 0.1) is 30.1 Å². The molecule has 0 atom stereocenters. The Labute approximate surface area is 202 Å². The number of ether oxygens (including phenoxy) is 2. The van der Waals surface area contributed by atoms with Crippen LogP contribution in [0.15, 0.2) is 96.4 Å². The first-order chi connectivity index (χ1) is 17.0. The molecular formula is C27H23N3O5. The standard InChI is InChI=1S/C27H23N3O5/c1-34-25-16-20(10-13-24(25)35-18-19-8-11-21(12-9-19)27(32)33)17-28-29-26(31)22-6-2-3-7-23(22)30-14-4-5-15-30/h2-17H,18H2,1H3,(H,29,31)(H,32,33)/b28-17-. The van der Waals surface area contributed by atoms with Gasteiger partial charge in [-0.15, -0.1) is 0 Å². The molecule has 4 aromatic rings. The van der Waals surface area contributed by atoms with Gasteiger partial charge in [0.2, 0.25) is 0 Å². The number of hydrazone groups is 1. The first-order valence-corrected chi connectivity index (χ1v) is 10.7. The Hall–Kier alpha value is -4.85. The van der Waals surface area contributed by atoms with Gasteiger partial charge in [-0.1, -0.05) is 24.3 Å². The fourth-order valence-corrected chi connectivity index (χ4v) is 3.40. The predicted molar refractivity (Wildman–Crippen MR) is 132 cm³/mol. The summed E-state index contributed by atoms with van der Waals surface area (Å²) in [6.07, 6.45) is 5.26. The van der Waals surface area contributed by atoms with Gasteiger partial charge >= 0.3 is 5.97 Å². The smallest absolute Gasteiger partial charge is 0.335 e. The fourth-order valence-electron chi connectivity index (χ4n) is 3.40. The minimum atomic E-state index is -0.974. The van der Waals surface area contributed by atoms with Crippen LogP contribution >= 0.6 is 0 Å². The molecule has 0 aliphatic heterocycles. The first-order valence-electron chi connectivity index (χ1n) is 10.7. The van der Waals surface area contributed by atoms with Crippen molar-refractivity contribution >= 4 is 18.1 Å². The van der Waals surface area contributed by atoms with E-state index in [1.54, 1.807) is 42.5 Å². The molecule has 4 rings (SSSR count). The lowest BCUT2D eigenvalue weighted by Gasteiger charge is -2.11. The highest BCUT2D eigenvalue weighted by atomic mass is 16.5. The van der Waals surface area contributed by atoms with Crippen molar-refractivity contribution in [3.8, 4) is 17.2 Å². The second-order valence-electron chi connectivity index (χ2n) is 7.51. The maximum atomic E-state index is 12.7. The molecule has 1 heterocycles. The summed E-state index contributed by atoms with van der Waals surface area (Å²) in [4.78, 5) is 23.7. The minimum absolute atomic E-state index is 0.218. The van der Waals surface area contributed by atoms with Crippen molar-refractivity contribution in [2.45, 2.75) is 6.61 Å². The summed E-state index contributed by atoms with van der Waals surface area (Å²) in [6, 6.07) is 22.8. The van der Waals surface area contributed by atoms with Crippen molar-refractivity contribution in [3.05, 3.63) is 114 Å². The number of methoxy groups -OCH3 is 1. The summed E-state index contributed by atoms with van der Waals surface area (Å²) in [5.74, 6) is -0.277. The van der Waals surface area contributed by atoms with Crippen molar-refractivity contribution in [1.29, 1.82) is 0 Å². The summed E-state index contributed by atoms with van der Waals surface area (Å²) in [5.41, 5.74) is 5.57. The van der Waals surface area contributed by atoms with E-state index in [9.17, 15) is 9.59 Å². The van der Waals surface area contributed by atoms with E-state index in [2.05, 4.69) is 10.5 Å². The summed E-state index contributed by atoms with van der Waals surface area (Å²) < 4.78 is 13.1. The zero-order valence-corrected chi connectivity index (χ0v) is 18.9. The number of aromatic carboxylic acids is 1. The third kappa shape index (κ3) is 5.75. The lowest BCUT2D eigenvalue weighted by molar-refractivity contribution is 0.0696. The molecule has 0 bridgehead atoms. The largest absolute Gasteiger partial charge is 0.493 e. The Morgan fingerprint density at radius 3 is 2.43 bits per heavy atom. The molecule has 0 saturated heterocycles. The van der Waals surface area contributed by atoms with Crippen LogP contribution < -0.4 is 14.9 Å². The van der Waals surface area contributed by atoms with Crippen LogP contribution in [-0.4, -0.2) is 34.9 Å². The Morgan fingerprint density at radius 2 is 1.71 bits per heavy atom. The predicted octanol–water partition coefficient (Wildman–Crippen LogP) is 4.53. The fraction of sp³-hybridized carbons (Fsp3) is 0.0741. The summed E-state index contributed by atoms with van der Waals surface area (Å²) >= 11 is 0. The molecular weight excluding hydrogens is 446 g/mol. The van der Waals surface area contributed by atoms with Crippen molar-refractivity contribution < 1.29 is 24.2 Å². The molecule has 2 N–H and O–H groups in total. The van der Waals surface area contributed by atoms with Crippen LogP contribution in [0.25, 0.3) is 5.69 Å². The van der Waals surface area contributed by atoms with Crippen LogP contribution in [0.1, 0.15) is 31.8 Å². The van der Waals surface area contributed by atoms with Gasteiger partial charge in [0.1, 0.15) is 6.61 Å². The molecule has 8 heteroatoms. The number of para-hydroxylation sites is 1. The average Bonchev–Trinajstić information content (AvgIpc) is 3.43. The summed E-state index contributed by atoms with van der Waals surface area (Å²) in [6.45, 7) is 0.251. The van der Waals surface area contributed by atoms with E-state index >= 15 is 0 Å². The number of benzene rings is 3. The van der Waals surface area contributed by atoms with E-state index in [0.29, 0.717) is 22.6 Å². The van der Waals surface area contributed by atoms with Crippen LogP contribution in [0.2, 0.25) is 0 Å². The highest BCUT2D eigenvalue weighted by molar-refractivity contribution is 5.98. The molecule has 35 heavy (non-hydrogen) atoms. The van der Waals surface area contributed by atoms with Gasteiger partial charge in [-0.05, 0) is 65.7 Å². The van der Waals surface area contributed by atoms with E-state index in [4.69, 9.17) is 14.6 Å². The van der Waals surface area contributed by atoms with Gasteiger partial charge < -0.3 is 19.1 Å². The van der Waals surface area contributed by atoms with Crippen molar-refractivity contribution in [3.63, 3.8) is 0 Å². The number of carboxylic acids is 1. The maximum absolute atomic E-state index is 12.7. The molecule has 0 radical (unpaired) electrons. The number of carbonyl (C=O) groups is 2. The highest BCUT2D eigenvalue weighted by Crippen LogP contribution is 2.28. The number of carbonyl (C=O) groups excluding carboxylic acids is 1. The number of carboxylic acid groups (broad SMARTS) is 1. The maximum Gasteiger partial charge on any atom is 0.335 e. The number of rotatable bonds is 9. The topological polar surface area (TPSA) is 102 Å². The molecule has 8 nitrogen and oxygen atoms in total. The third-order valence-electron chi connectivity index (χ3n) is 5.19. The monoisotopic (exact) mass is 469 g/mol. The van der Waals surface area contributed by atoms with Crippen molar-refractivity contribution in [2.75, 3.05) is 7.11 Å². The average molecular weight is 469 g/mol. The van der Waals surface area contributed by atoms with E-state index in [-0.39, 0.29) is 18.1 Å². The van der Waals surface area contributed by atoms with Crippen LogP contribution in [0.3, 0.4) is 0 Å².